The van der Waals surface area contributed by atoms with Gasteiger partial charge >= 0.3 is 6.03 Å². The summed E-state index contributed by atoms with van der Waals surface area (Å²) in [5.41, 5.74) is 0.460. The number of likely N-dealkylation sites (tertiary alicyclic amines) is 2. The number of halogens is 1. The number of ether oxygens (including phenoxy) is 1. The molecular formula is C20H28FN3O3. The Labute approximate surface area is 159 Å². The van der Waals surface area contributed by atoms with Crippen LogP contribution in [0.15, 0.2) is 24.3 Å². The van der Waals surface area contributed by atoms with Crippen molar-refractivity contribution in [3.8, 4) is 0 Å². The SMILES string of the molecule is COCC(=O)N1C[C@H]2CN(C(=O)NC(C)(C)C)C[C@H]2[C@@H]1c1cccc(F)c1. The number of carbonyl (C=O) groups excluding carboxylic acids is 2. The number of rotatable bonds is 3. The molecule has 7 heteroatoms. The van der Waals surface area contributed by atoms with E-state index in [-0.39, 0.29) is 47.8 Å². The number of fused-ring (bicyclic) bond motifs is 1. The van der Waals surface area contributed by atoms with Gasteiger partial charge in [-0.2, -0.15) is 0 Å². The first-order valence-corrected chi connectivity index (χ1v) is 9.30. The average Bonchev–Trinajstić information content (AvgIpc) is 3.11. The molecule has 148 valence electrons. The first-order chi connectivity index (χ1) is 12.7. The first-order valence-electron chi connectivity index (χ1n) is 9.30. The van der Waals surface area contributed by atoms with E-state index in [4.69, 9.17) is 4.74 Å². The summed E-state index contributed by atoms with van der Waals surface area (Å²) in [6.07, 6.45) is 0. The van der Waals surface area contributed by atoms with Gasteiger partial charge in [0.1, 0.15) is 12.4 Å². The maximum Gasteiger partial charge on any atom is 0.317 e. The van der Waals surface area contributed by atoms with E-state index in [0.29, 0.717) is 19.6 Å². The largest absolute Gasteiger partial charge is 0.375 e. The van der Waals surface area contributed by atoms with E-state index in [9.17, 15) is 14.0 Å². The molecule has 0 unspecified atom stereocenters. The van der Waals surface area contributed by atoms with Crippen LogP contribution < -0.4 is 5.32 Å². The highest BCUT2D eigenvalue weighted by molar-refractivity contribution is 5.79. The number of benzene rings is 1. The molecule has 3 rings (SSSR count). The second-order valence-electron chi connectivity index (χ2n) is 8.49. The van der Waals surface area contributed by atoms with Crippen LogP contribution in [0.25, 0.3) is 0 Å². The number of nitrogens with zero attached hydrogens (tertiary/aromatic N) is 2. The summed E-state index contributed by atoms with van der Waals surface area (Å²) in [5.74, 6) is -0.176. The Hall–Kier alpha value is -2.15. The molecule has 0 aliphatic carbocycles. The molecule has 3 atom stereocenters. The second kappa shape index (κ2) is 7.46. The summed E-state index contributed by atoms with van der Waals surface area (Å²) < 4.78 is 18.8. The second-order valence-corrected chi connectivity index (χ2v) is 8.49. The quantitative estimate of drug-likeness (QED) is 0.880. The van der Waals surface area contributed by atoms with Crippen molar-refractivity contribution in [3.63, 3.8) is 0 Å². The Morgan fingerprint density at radius 3 is 2.63 bits per heavy atom. The van der Waals surface area contributed by atoms with Gasteiger partial charge in [0.25, 0.3) is 0 Å². The molecule has 27 heavy (non-hydrogen) atoms. The number of hydrogen-bond donors (Lipinski definition) is 1. The van der Waals surface area contributed by atoms with Crippen LogP contribution in [-0.4, -0.2) is 60.6 Å². The monoisotopic (exact) mass is 377 g/mol. The lowest BCUT2D eigenvalue weighted by Crippen LogP contribution is -2.48. The van der Waals surface area contributed by atoms with Gasteiger partial charge in [0, 0.05) is 44.1 Å². The van der Waals surface area contributed by atoms with Crippen LogP contribution in [0.4, 0.5) is 9.18 Å². The number of amides is 3. The highest BCUT2D eigenvalue weighted by Gasteiger charge is 2.50. The zero-order valence-electron chi connectivity index (χ0n) is 16.4. The fourth-order valence-electron chi connectivity index (χ4n) is 4.19. The third-order valence-corrected chi connectivity index (χ3v) is 5.21. The molecule has 0 saturated carbocycles. The minimum atomic E-state index is -0.324. The highest BCUT2D eigenvalue weighted by atomic mass is 19.1. The van der Waals surface area contributed by atoms with Crippen LogP contribution in [-0.2, 0) is 9.53 Å². The van der Waals surface area contributed by atoms with Gasteiger partial charge in [-0.1, -0.05) is 12.1 Å². The van der Waals surface area contributed by atoms with Crippen LogP contribution in [0.3, 0.4) is 0 Å². The van der Waals surface area contributed by atoms with Crippen molar-refractivity contribution >= 4 is 11.9 Å². The van der Waals surface area contributed by atoms with Crippen molar-refractivity contribution in [2.75, 3.05) is 33.4 Å². The van der Waals surface area contributed by atoms with Crippen molar-refractivity contribution < 1.29 is 18.7 Å². The Kier molecular flexibility index (Phi) is 5.42. The van der Waals surface area contributed by atoms with Crippen molar-refractivity contribution in [2.24, 2.45) is 11.8 Å². The number of methoxy groups -OCH3 is 1. The normalized spacial score (nSPS) is 24.9. The molecule has 2 saturated heterocycles. The third-order valence-electron chi connectivity index (χ3n) is 5.21. The van der Waals surface area contributed by atoms with Gasteiger partial charge in [-0.25, -0.2) is 9.18 Å². The van der Waals surface area contributed by atoms with Gasteiger partial charge < -0.3 is 19.9 Å². The Morgan fingerprint density at radius 1 is 1.26 bits per heavy atom. The van der Waals surface area contributed by atoms with Crippen molar-refractivity contribution in [1.29, 1.82) is 0 Å². The number of urea groups is 1. The smallest absolute Gasteiger partial charge is 0.317 e. The minimum Gasteiger partial charge on any atom is -0.375 e. The van der Waals surface area contributed by atoms with E-state index in [2.05, 4.69) is 5.32 Å². The molecule has 1 aromatic rings. The van der Waals surface area contributed by atoms with Crippen LogP contribution in [0.2, 0.25) is 0 Å². The van der Waals surface area contributed by atoms with Gasteiger partial charge in [0.15, 0.2) is 0 Å². The van der Waals surface area contributed by atoms with E-state index >= 15 is 0 Å². The van der Waals surface area contributed by atoms with Crippen LogP contribution in [0.5, 0.6) is 0 Å². The van der Waals surface area contributed by atoms with Crippen molar-refractivity contribution in [2.45, 2.75) is 32.4 Å². The lowest BCUT2D eigenvalue weighted by atomic mass is 9.89. The average molecular weight is 377 g/mol. The maximum absolute atomic E-state index is 13.8. The standard InChI is InChI=1S/C20H28FN3O3/c1-20(2,3)22-19(26)23-9-14-10-24(17(25)12-27-4)18(16(14)11-23)13-6-5-7-15(21)8-13/h5-8,14,16,18H,9-12H2,1-4H3,(H,22,26)/t14-,16-,18+/m1/s1. The molecule has 2 heterocycles. The summed E-state index contributed by atoms with van der Waals surface area (Å²) >= 11 is 0. The molecule has 2 aliphatic heterocycles. The molecule has 0 aromatic heterocycles. The van der Waals surface area contributed by atoms with Gasteiger partial charge in [-0.05, 0) is 38.5 Å². The summed E-state index contributed by atoms with van der Waals surface area (Å²) in [7, 11) is 1.49. The predicted molar refractivity (Wildman–Crippen MR) is 99.6 cm³/mol. The Balaban J connectivity index is 1.83. The number of nitrogens with one attached hydrogen (secondary N) is 1. The zero-order valence-corrected chi connectivity index (χ0v) is 16.4. The van der Waals surface area contributed by atoms with E-state index in [1.54, 1.807) is 11.0 Å². The fourth-order valence-corrected chi connectivity index (χ4v) is 4.19. The summed E-state index contributed by atoms with van der Waals surface area (Å²) in [6, 6.07) is 6.05. The van der Waals surface area contributed by atoms with Crippen LogP contribution in [0.1, 0.15) is 32.4 Å². The Morgan fingerprint density at radius 2 is 2.00 bits per heavy atom. The molecule has 1 aromatic carbocycles. The molecule has 3 amide bonds. The van der Waals surface area contributed by atoms with E-state index in [0.717, 1.165) is 5.56 Å². The molecular weight excluding hydrogens is 349 g/mol. The molecule has 1 N–H and O–H groups in total. The van der Waals surface area contributed by atoms with Crippen molar-refractivity contribution in [1.82, 2.24) is 15.1 Å². The van der Waals surface area contributed by atoms with Crippen LogP contribution >= 0.6 is 0 Å². The first kappa shape index (κ1) is 19.6. The van der Waals surface area contributed by atoms with Gasteiger partial charge in [-0.3, -0.25) is 4.79 Å². The van der Waals surface area contributed by atoms with Gasteiger partial charge in [-0.15, -0.1) is 0 Å². The van der Waals surface area contributed by atoms with Crippen molar-refractivity contribution in [3.05, 3.63) is 35.6 Å². The molecule has 0 spiro atoms. The highest BCUT2D eigenvalue weighted by Crippen LogP contribution is 2.45. The van der Waals surface area contributed by atoms with E-state index in [1.807, 2.05) is 31.7 Å². The topological polar surface area (TPSA) is 61.9 Å². The van der Waals surface area contributed by atoms with Crippen LogP contribution in [0, 0.1) is 17.7 Å². The predicted octanol–water partition coefficient (Wildman–Crippen LogP) is 2.41. The number of carbonyl (C=O) groups is 2. The molecule has 0 bridgehead atoms. The van der Waals surface area contributed by atoms with E-state index in [1.165, 1.54) is 19.2 Å². The molecule has 2 fully saturated rings. The zero-order chi connectivity index (χ0) is 19.8. The van der Waals surface area contributed by atoms with Gasteiger partial charge in [0.2, 0.25) is 5.91 Å². The summed E-state index contributed by atoms with van der Waals surface area (Å²) in [6.45, 7) is 7.53. The summed E-state index contributed by atoms with van der Waals surface area (Å²) in [5, 5.41) is 2.99. The molecule has 6 nitrogen and oxygen atoms in total. The summed E-state index contributed by atoms with van der Waals surface area (Å²) in [4.78, 5) is 28.7. The van der Waals surface area contributed by atoms with Gasteiger partial charge in [0.05, 0.1) is 6.04 Å². The third kappa shape index (κ3) is 4.24. The maximum atomic E-state index is 13.8. The number of hydrogen-bond acceptors (Lipinski definition) is 3. The minimum absolute atomic E-state index is 0.000516. The fraction of sp³-hybridized carbons (Fsp3) is 0.600. The Bertz CT molecular complexity index is 719. The molecule has 2 aliphatic rings. The lowest BCUT2D eigenvalue weighted by Gasteiger charge is -2.31. The molecule has 0 radical (unpaired) electrons. The lowest BCUT2D eigenvalue weighted by molar-refractivity contribution is -0.136. The van der Waals surface area contributed by atoms with E-state index < -0.39 is 0 Å².